The average Bonchev–Trinajstić information content (AvgIpc) is 3.27. The van der Waals surface area contributed by atoms with Gasteiger partial charge in [0.25, 0.3) is 0 Å². The van der Waals surface area contributed by atoms with Crippen molar-refractivity contribution in [2.45, 2.75) is 31.7 Å². The topological polar surface area (TPSA) is 56.6 Å². The van der Waals surface area contributed by atoms with Crippen molar-refractivity contribution in [3.63, 3.8) is 0 Å². The standard InChI is InChI=1S/C24H27N3O3/c1-29-24(28)21-16-25-27(17-21)18-26-14-12-22(13-15-26)30-23(19-8-4-2-5-9-19)20-10-6-3-7-11-20/h2-11,16-17,22-23H,12-15,18H2,1H3. The van der Waals surface area contributed by atoms with Gasteiger partial charge in [0.1, 0.15) is 6.10 Å². The first-order valence-corrected chi connectivity index (χ1v) is 10.3. The summed E-state index contributed by atoms with van der Waals surface area (Å²) in [7, 11) is 1.38. The monoisotopic (exact) mass is 405 g/mol. The fourth-order valence-corrected chi connectivity index (χ4v) is 3.85. The molecule has 0 N–H and O–H groups in total. The lowest BCUT2D eigenvalue weighted by Crippen LogP contribution is -2.38. The van der Waals surface area contributed by atoms with E-state index in [9.17, 15) is 4.79 Å². The molecule has 156 valence electrons. The van der Waals surface area contributed by atoms with Gasteiger partial charge in [0.2, 0.25) is 0 Å². The number of hydrogen-bond acceptors (Lipinski definition) is 5. The third-order valence-electron chi connectivity index (χ3n) is 5.47. The molecule has 0 spiro atoms. The normalized spacial score (nSPS) is 15.4. The molecule has 4 rings (SSSR count). The summed E-state index contributed by atoms with van der Waals surface area (Å²) in [5.41, 5.74) is 2.83. The van der Waals surface area contributed by atoms with Gasteiger partial charge in [-0.15, -0.1) is 0 Å². The molecular weight excluding hydrogens is 378 g/mol. The molecule has 0 aliphatic carbocycles. The number of piperidine rings is 1. The average molecular weight is 405 g/mol. The Kier molecular flexibility index (Phi) is 6.57. The van der Waals surface area contributed by atoms with E-state index in [1.807, 2.05) is 12.1 Å². The highest BCUT2D eigenvalue weighted by Crippen LogP contribution is 2.30. The third kappa shape index (κ3) is 4.96. The van der Waals surface area contributed by atoms with Gasteiger partial charge < -0.3 is 9.47 Å². The van der Waals surface area contributed by atoms with Crippen LogP contribution in [0.25, 0.3) is 0 Å². The van der Waals surface area contributed by atoms with Gasteiger partial charge in [-0.05, 0) is 24.0 Å². The summed E-state index contributed by atoms with van der Waals surface area (Å²) in [6, 6.07) is 20.8. The highest BCUT2D eigenvalue weighted by atomic mass is 16.5. The minimum Gasteiger partial charge on any atom is -0.465 e. The summed E-state index contributed by atoms with van der Waals surface area (Å²) in [5, 5.41) is 4.27. The summed E-state index contributed by atoms with van der Waals surface area (Å²) in [6.45, 7) is 2.51. The van der Waals surface area contributed by atoms with E-state index < -0.39 is 0 Å². The lowest BCUT2D eigenvalue weighted by molar-refractivity contribution is -0.0319. The Morgan fingerprint density at radius 2 is 1.63 bits per heavy atom. The number of hydrogen-bond donors (Lipinski definition) is 0. The molecule has 1 aromatic heterocycles. The largest absolute Gasteiger partial charge is 0.465 e. The maximum absolute atomic E-state index is 11.6. The molecule has 0 bridgehead atoms. The molecule has 0 amide bonds. The number of benzene rings is 2. The molecule has 6 nitrogen and oxygen atoms in total. The van der Waals surface area contributed by atoms with Crippen molar-refractivity contribution >= 4 is 5.97 Å². The number of likely N-dealkylation sites (tertiary alicyclic amines) is 1. The van der Waals surface area contributed by atoms with Gasteiger partial charge in [-0.1, -0.05) is 60.7 Å². The van der Waals surface area contributed by atoms with Crippen LogP contribution in [-0.2, 0) is 16.1 Å². The molecule has 6 heteroatoms. The zero-order valence-electron chi connectivity index (χ0n) is 17.2. The van der Waals surface area contributed by atoms with Gasteiger partial charge in [0.05, 0.1) is 31.6 Å². The highest BCUT2D eigenvalue weighted by molar-refractivity contribution is 5.88. The van der Waals surface area contributed by atoms with Crippen molar-refractivity contribution in [1.29, 1.82) is 0 Å². The van der Waals surface area contributed by atoms with Crippen LogP contribution in [-0.4, -0.2) is 47.0 Å². The van der Waals surface area contributed by atoms with Crippen LogP contribution < -0.4 is 0 Å². The summed E-state index contributed by atoms with van der Waals surface area (Å²) >= 11 is 0. The van der Waals surface area contributed by atoms with Crippen LogP contribution in [0.1, 0.15) is 40.4 Å². The number of carbonyl (C=O) groups excluding carboxylic acids is 1. The van der Waals surface area contributed by atoms with Crippen LogP contribution in [0.3, 0.4) is 0 Å². The van der Waals surface area contributed by atoms with Crippen molar-refractivity contribution in [3.05, 3.63) is 89.7 Å². The van der Waals surface area contributed by atoms with E-state index in [0.29, 0.717) is 12.2 Å². The first-order valence-electron chi connectivity index (χ1n) is 10.3. The molecule has 1 saturated heterocycles. The van der Waals surface area contributed by atoms with Crippen molar-refractivity contribution < 1.29 is 14.3 Å². The number of esters is 1. The summed E-state index contributed by atoms with van der Waals surface area (Å²) < 4.78 is 13.1. The number of carbonyl (C=O) groups is 1. The zero-order chi connectivity index (χ0) is 20.8. The quantitative estimate of drug-likeness (QED) is 0.558. The van der Waals surface area contributed by atoms with Crippen LogP contribution in [0.2, 0.25) is 0 Å². The number of rotatable bonds is 7. The summed E-state index contributed by atoms with van der Waals surface area (Å²) in [4.78, 5) is 13.9. The summed E-state index contributed by atoms with van der Waals surface area (Å²) in [5.74, 6) is -0.360. The highest BCUT2D eigenvalue weighted by Gasteiger charge is 2.25. The van der Waals surface area contributed by atoms with Crippen LogP contribution >= 0.6 is 0 Å². The zero-order valence-corrected chi connectivity index (χ0v) is 17.2. The maximum atomic E-state index is 11.6. The van der Waals surface area contributed by atoms with Gasteiger partial charge in [-0.25, -0.2) is 4.79 Å². The van der Waals surface area contributed by atoms with E-state index >= 15 is 0 Å². The van der Waals surface area contributed by atoms with E-state index in [4.69, 9.17) is 9.47 Å². The van der Waals surface area contributed by atoms with Crippen molar-refractivity contribution in [2.24, 2.45) is 0 Å². The van der Waals surface area contributed by atoms with E-state index in [2.05, 4.69) is 58.5 Å². The Hall–Kier alpha value is -2.96. The second-order valence-corrected chi connectivity index (χ2v) is 7.56. The fraction of sp³-hybridized carbons (Fsp3) is 0.333. The van der Waals surface area contributed by atoms with Gasteiger partial charge in [-0.3, -0.25) is 9.58 Å². The molecule has 0 unspecified atom stereocenters. The SMILES string of the molecule is COC(=O)c1cnn(CN2CCC(OC(c3ccccc3)c3ccccc3)CC2)c1. The Labute approximate surface area is 177 Å². The van der Waals surface area contributed by atoms with Crippen molar-refractivity contribution in [3.8, 4) is 0 Å². The van der Waals surface area contributed by atoms with Gasteiger partial charge in [0, 0.05) is 19.3 Å². The molecule has 30 heavy (non-hydrogen) atoms. The molecular formula is C24H27N3O3. The molecule has 3 aromatic rings. The van der Waals surface area contributed by atoms with E-state index in [1.54, 1.807) is 17.1 Å². The van der Waals surface area contributed by atoms with Gasteiger partial charge in [0.15, 0.2) is 0 Å². The molecule has 0 saturated carbocycles. The molecule has 2 heterocycles. The third-order valence-corrected chi connectivity index (χ3v) is 5.47. The molecule has 0 atom stereocenters. The van der Waals surface area contributed by atoms with E-state index in [0.717, 1.165) is 25.9 Å². The first-order chi connectivity index (χ1) is 14.7. The number of aromatic nitrogens is 2. The number of nitrogens with zero attached hydrogens (tertiary/aromatic N) is 3. The molecule has 0 radical (unpaired) electrons. The number of methoxy groups -OCH3 is 1. The minimum absolute atomic E-state index is 0.0577. The predicted octanol–water partition coefficient (Wildman–Crippen LogP) is 3.90. The second-order valence-electron chi connectivity index (χ2n) is 7.56. The number of ether oxygens (including phenoxy) is 2. The lowest BCUT2D eigenvalue weighted by Gasteiger charge is -2.34. The molecule has 2 aromatic carbocycles. The van der Waals surface area contributed by atoms with Crippen molar-refractivity contribution in [1.82, 2.24) is 14.7 Å². The lowest BCUT2D eigenvalue weighted by atomic mass is 10.00. The fourth-order valence-electron chi connectivity index (χ4n) is 3.85. The minimum atomic E-state index is -0.360. The van der Waals surface area contributed by atoms with E-state index in [1.165, 1.54) is 18.2 Å². The molecule has 1 aliphatic heterocycles. The Morgan fingerprint density at radius 1 is 1.03 bits per heavy atom. The van der Waals surface area contributed by atoms with Crippen LogP contribution in [0.15, 0.2) is 73.1 Å². The Bertz CT molecular complexity index is 895. The first kappa shape index (κ1) is 20.3. The van der Waals surface area contributed by atoms with Crippen LogP contribution in [0.5, 0.6) is 0 Å². The second kappa shape index (κ2) is 9.69. The van der Waals surface area contributed by atoms with E-state index in [-0.39, 0.29) is 18.2 Å². The summed E-state index contributed by atoms with van der Waals surface area (Å²) in [6.07, 6.45) is 5.34. The van der Waals surface area contributed by atoms with Crippen LogP contribution in [0.4, 0.5) is 0 Å². The van der Waals surface area contributed by atoms with Crippen LogP contribution in [0, 0.1) is 0 Å². The smallest absolute Gasteiger partial charge is 0.341 e. The maximum Gasteiger partial charge on any atom is 0.341 e. The molecule has 1 fully saturated rings. The Balaban J connectivity index is 1.36. The Morgan fingerprint density at radius 3 is 2.20 bits per heavy atom. The van der Waals surface area contributed by atoms with Gasteiger partial charge in [-0.2, -0.15) is 5.10 Å². The van der Waals surface area contributed by atoms with Gasteiger partial charge >= 0.3 is 5.97 Å². The van der Waals surface area contributed by atoms with Crippen molar-refractivity contribution in [2.75, 3.05) is 20.2 Å². The molecule has 1 aliphatic rings. The predicted molar refractivity (Wildman–Crippen MR) is 114 cm³/mol.